The van der Waals surface area contributed by atoms with Gasteiger partial charge in [-0.25, -0.2) is 0 Å². The van der Waals surface area contributed by atoms with Crippen LogP contribution in [-0.4, -0.2) is 37.6 Å². The third kappa shape index (κ3) is 1.94. The Morgan fingerprint density at radius 1 is 1.20 bits per heavy atom. The van der Waals surface area contributed by atoms with Crippen LogP contribution in [0.25, 0.3) is 0 Å². The summed E-state index contributed by atoms with van der Waals surface area (Å²) in [4.78, 5) is 2.71. The highest BCUT2D eigenvalue weighted by molar-refractivity contribution is 5.03. The number of piperidine rings is 1. The number of nitrogens with zero attached hydrogens (tertiary/aromatic N) is 1. The zero-order chi connectivity index (χ0) is 10.3. The summed E-state index contributed by atoms with van der Waals surface area (Å²) in [6.45, 7) is 9.14. The Morgan fingerprint density at radius 3 is 2.40 bits per heavy atom. The molecule has 2 nitrogen and oxygen atoms in total. The summed E-state index contributed by atoms with van der Waals surface area (Å²) in [6.07, 6.45) is 5.87. The van der Waals surface area contributed by atoms with Gasteiger partial charge in [0.2, 0.25) is 0 Å². The molecule has 0 radical (unpaired) electrons. The maximum atomic E-state index is 3.42. The molecular weight excluding hydrogens is 184 g/mol. The van der Waals surface area contributed by atoms with Gasteiger partial charge in [-0.3, -0.25) is 0 Å². The molecule has 2 aliphatic heterocycles. The molecule has 3 fully saturated rings. The highest BCUT2D eigenvalue weighted by Gasteiger charge is 2.48. The minimum Gasteiger partial charge on any atom is -0.316 e. The maximum absolute atomic E-state index is 3.42. The average molecular weight is 208 g/mol. The molecule has 2 heteroatoms. The topological polar surface area (TPSA) is 15.3 Å². The van der Waals surface area contributed by atoms with Gasteiger partial charge in [-0.1, -0.05) is 6.92 Å². The van der Waals surface area contributed by atoms with Crippen molar-refractivity contribution >= 4 is 0 Å². The summed E-state index contributed by atoms with van der Waals surface area (Å²) in [5.74, 6) is 2.00. The molecule has 3 rings (SSSR count). The summed E-state index contributed by atoms with van der Waals surface area (Å²) in [5.41, 5.74) is 0.772. The third-order valence-corrected chi connectivity index (χ3v) is 4.84. The van der Waals surface area contributed by atoms with Crippen LogP contribution in [0.3, 0.4) is 0 Å². The van der Waals surface area contributed by atoms with Crippen molar-refractivity contribution in [1.82, 2.24) is 10.2 Å². The van der Waals surface area contributed by atoms with E-state index in [2.05, 4.69) is 17.1 Å². The molecule has 1 aliphatic carbocycles. The first-order valence-corrected chi connectivity index (χ1v) is 6.69. The van der Waals surface area contributed by atoms with Crippen molar-refractivity contribution in [2.75, 3.05) is 32.7 Å². The van der Waals surface area contributed by atoms with E-state index in [1.165, 1.54) is 58.4 Å². The molecule has 0 aromatic carbocycles. The first-order valence-electron chi connectivity index (χ1n) is 6.69. The molecule has 15 heavy (non-hydrogen) atoms. The van der Waals surface area contributed by atoms with E-state index in [-0.39, 0.29) is 0 Å². The normalized spacial score (nSPS) is 32.6. The minimum absolute atomic E-state index is 0.772. The number of hydrogen-bond donors (Lipinski definition) is 1. The lowest BCUT2D eigenvalue weighted by Crippen LogP contribution is -2.61. The van der Waals surface area contributed by atoms with E-state index in [1.54, 1.807) is 0 Å². The maximum Gasteiger partial charge on any atom is 0.00204 e. The van der Waals surface area contributed by atoms with Gasteiger partial charge in [-0.15, -0.1) is 0 Å². The van der Waals surface area contributed by atoms with Crippen LogP contribution in [-0.2, 0) is 0 Å². The summed E-state index contributed by atoms with van der Waals surface area (Å²) < 4.78 is 0. The second-order valence-electron chi connectivity index (χ2n) is 6.36. The number of hydrogen-bond acceptors (Lipinski definition) is 2. The van der Waals surface area contributed by atoms with Gasteiger partial charge in [-0.2, -0.15) is 0 Å². The van der Waals surface area contributed by atoms with Crippen LogP contribution < -0.4 is 5.32 Å². The second-order valence-corrected chi connectivity index (χ2v) is 6.36. The van der Waals surface area contributed by atoms with Crippen molar-refractivity contribution in [3.8, 4) is 0 Å². The van der Waals surface area contributed by atoms with E-state index in [4.69, 9.17) is 0 Å². The van der Waals surface area contributed by atoms with Gasteiger partial charge in [0, 0.05) is 19.6 Å². The summed E-state index contributed by atoms with van der Waals surface area (Å²) in [7, 11) is 0. The quantitative estimate of drug-likeness (QED) is 0.743. The van der Waals surface area contributed by atoms with Crippen molar-refractivity contribution in [2.45, 2.75) is 32.6 Å². The predicted molar refractivity (Wildman–Crippen MR) is 62.9 cm³/mol. The van der Waals surface area contributed by atoms with Crippen molar-refractivity contribution in [3.63, 3.8) is 0 Å². The lowest BCUT2D eigenvalue weighted by atomic mass is 9.58. The highest BCUT2D eigenvalue weighted by atomic mass is 15.1. The summed E-state index contributed by atoms with van der Waals surface area (Å²) in [5, 5.41) is 3.42. The predicted octanol–water partition coefficient (Wildman–Crippen LogP) is 1.72. The molecule has 1 spiro atoms. The Morgan fingerprint density at radius 2 is 1.87 bits per heavy atom. The molecule has 1 saturated carbocycles. The highest BCUT2D eigenvalue weighted by Crippen LogP contribution is 2.48. The Bertz CT molecular complexity index is 219. The molecule has 0 aromatic heterocycles. The van der Waals surface area contributed by atoms with Crippen molar-refractivity contribution < 1.29 is 0 Å². The molecule has 0 atom stereocenters. The fourth-order valence-electron chi connectivity index (χ4n) is 3.67. The standard InChI is InChI=1S/C13H24N2/c1-11-2-4-15(5-3-11)8-12-6-13(7-12)9-14-10-13/h11-12,14H,2-10H2,1H3. The van der Waals surface area contributed by atoms with E-state index in [0.29, 0.717) is 0 Å². The molecule has 2 heterocycles. The number of likely N-dealkylation sites (tertiary alicyclic amines) is 1. The first-order chi connectivity index (χ1) is 7.26. The molecule has 86 valence electrons. The van der Waals surface area contributed by atoms with Gasteiger partial charge in [-0.05, 0) is 56.0 Å². The van der Waals surface area contributed by atoms with Crippen LogP contribution in [0.4, 0.5) is 0 Å². The molecule has 0 unspecified atom stereocenters. The van der Waals surface area contributed by atoms with Gasteiger partial charge in [0.15, 0.2) is 0 Å². The third-order valence-electron chi connectivity index (χ3n) is 4.84. The molecular formula is C13H24N2. The van der Waals surface area contributed by atoms with Gasteiger partial charge >= 0.3 is 0 Å². The fraction of sp³-hybridized carbons (Fsp3) is 1.00. The van der Waals surface area contributed by atoms with Crippen LogP contribution in [0, 0.1) is 17.3 Å². The molecule has 1 N–H and O–H groups in total. The van der Waals surface area contributed by atoms with E-state index in [0.717, 1.165) is 17.3 Å². The van der Waals surface area contributed by atoms with Gasteiger partial charge in [0.05, 0.1) is 0 Å². The van der Waals surface area contributed by atoms with E-state index < -0.39 is 0 Å². The minimum atomic E-state index is 0.772. The van der Waals surface area contributed by atoms with Crippen molar-refractivity contribution in [2.24, 2.45) is 17.3 Å². The summed E-state index contributed by atoms with van der Waals surface area (Å²) in [6, 6.07) is 0. The van der Waals surface area contributed by atoms with Crippen LogP contribution in [0.2, 0.25) is 0 Å². The van der Waals surface area contributed by atoms with Gasteiger partial charge < -0.3 is 10.2 Å². The lowest BCUT2D eigenvalue weighted by molar-refractivity contribution is -0.0193. The van der Waals surface area contributed by atoms with E-state index in [1.807, 2.05) is 0 Å². The SMILES string of the molecule is CC1CCN(CC2CC3(CNC3)C2)CC1. The summed E-state index contributed by atoms with van der Waals surface area (Å²) >= 11 is 0. The largest absolute Gasteiger partial charge is 0.316 e. The molecule has 0 amide bonds. The van der Waals surface area contributed by atoms with Gasteiger partial charge in [0.1, 0.15) is 0 Å². The first kappa shape index (κ1) is 10.1. The number of nitrogens with one attached hydrogen (secondary N) is 1. The fourth-order valence-corrected chi connectivity index (χ4v) is 3.67. The smallest absolute Gasteiger partial charge is 0.00204 e. The Balaban J connectivity index is 1.40. The molecule has 3 aliphatic rings. The molecule has 0 bridgehead atoms. The Kier molecular flexibility index (Phi) is 2.52. The average Bonchev–Trinajstić information content (AvgIpc) is 2.10. The van der Waals surface area contributed by atoms with Crippen LogP contribution in [0.1, 0.15) is 32.6 Å². The zero-order valence-corrected chi connectivity index (χ0v) is 9.97. The molecule has 0 aromatic rings. The van der Waals surface area contributed by atoms with Crippen LogP contribution >= 0.6 is 0 Å². The Labute approximate surface area is 93.4 Å². The zero-order valence-electron chi connectivity index (χ0n) is 9.97. The van der Waals surface area contributed by atoms with Crippen molar-refractivity contribution in [1.29, 1.82) is 0 Å². The van der Waals surface area contributed by atoms with E-state index >= 15 is 0 Å². The van der Waals surface area contributed by atoms with Crippen LogP contribution in [0.5, 0.6) is 0 Å². The Hall–Kier alpha value is -0.0800. The van der Waals surface area contributed by atoms with E-state index in [9.17, 15) is 0 Å². The lowest BCUT2D eigenvalue weighted by Gasteiger charge is -2.55. The van der Waals surface area contributed by atoms with Crippen LogP contribution in [0.15, 0.2) is 0 Å². The second kappa shape index (κ2) is 3.74. The van der Waals surface area contributed by atoms with Crippen molar-refractivity contribution in [3.05, 3.63) is 0 Å². The van der Waals surface area contributed by atoms with Gasteiger partial charge in [0.25, 0.3) is 0 Å². The monoisotopic (exact) mass is 208 g/mol. The molecule has 2 saturated heterocycles. The number of rotatable bonds is 2.